The molecule has 2 heterocycles. The van der Waals surface area contributed by atoms with Gasteiger partial charge in [0.1, 0.15) is 11.6 Å². The molecule has 2 aromatic heterocycles. The number of nitrogens with two attached hydrogens (primary N) is 2. The smallest absolute Gasteiger partial charge is 0.239 e. The summed E-state index contributed by atoms with van der Waals surface area (Å²) in [6, 6.07) is -0.161. The quantitative estimate of drug-likeness (QED) is 0.495. The number of fused-ring (bicyclic) bond motifs is 2. The van der Waals surface area contributed by atoms with Crippen LogP contribution in [-0.2, 0) is 16.1 Å². The molecule has 0 spiro atoms. The Morgan fingerprint density at radius 2 is 2.04 bits per heavy atom. The number of hydrogen-bond acceptors (Lipinski definition) is 7. The van der Waals surface area contributed by atoms with Gasteiger partial charge in [-0.05, 0) is 18.3 Å². The van der Waals surface area contributed by atoms with Crippen LogP contribution in [0.3, 0.4) is 0 Å². The van der Waals surface area contributed by atoms with Crippen LogP contribution >= 0.6 is 11.6 Å². The van der Waals surface area contributed by atoms with Crippen LogP contribution in [-0.4, -0.2) is 37.6 Å². The Bertz CT molecular complexity index is 958. The van der Waals surface area contributed by atoms with E-state index in [1.807, 2.05) is 0 Å². The van der Waals surface area contributed by atoms with Gasteiger partial charge in [0.25, 0.3) is 0 Å². The number of anilines is 3. The first-order valence-corrected chi connectivity index (χ1v) is 9.13. The van der Waals surface area contributed by atoms with Crippen molar-refractivity contribution in [3.05, 3.63) is 35.8 Å². The molecule has 6 N–H and O–H groups in total. The average molecular weight is 403 g/mol. The number of aromatic nitrogens is 4. The third kappa shape index (κ3) is 3.50. The lowest BCUT2D eigenvalue weighted by Gasteiger charge is -2.27. The van der Waals surface area contributed by atoms with Gasteiger partial charge in [-0.1, -0.05) is 23.8 Å². The highest BCUT2D eigenvalue weighted by Gasteiger charge is 2.47. The number of primary amides is 2. The Kier molecular flexibility index (Phi) is 4.63. The first kappa shape index (κ1) is 18.2. The molecule has 2 bridgehead atoms. The van der Waals surface area contributed by atoms with Crippen LogP contribution in [0.25, 0.3) is 0 Å². The lowest BCUT2D eigenvalue weighted by Crippen LogP contribution is -2.41. The molecule has 10 nitrogen and oxygen atoms in total. The van der Waals surface area contributed by atoms with Crippen molar-refractivity contribution in [3.8, 4) is 0 Å². The summed E-state index contributed by atoms with van der Waals surface area (Å²) in [7, 11) is 0. The Labute approximate surface area is 165 Å². The lowest BCUT2D eigenvalue weighted by molar-refractivity contribution is -0.122. The van der Waals surface area contributed by atoms with Crippen LogP contribution in [0, 0.1) is 17.8 Å². The molecule has 2 aliphatic rings. The van der Waals surface area contributed by atoms with E-state index < -0.39 is 5.91 Å². The van der Waals surface area contributed by atoms with Crippen molar-refractivity contribution in [3.63, 3.8) is 0 Å². The summed E-state index contributed by atoms with van der Waals surface area (Å²) in [4.78, 5) is 31.4. The second kappa shape index (κ2) is 7.12. The number of amides is 2. The van der Waals surface area contributed by atoms with Gasteiger partial charge in [0.2, 0.25) is 17.8 Å². The lowest BCUT2D eigenvalue weighted by atomic mass is 9.88. The van der Waals surface area contributed by atoms with E-state index in [-0.39, 0.29) is 36.2 Å². The second-order valence-electron chi connectivity index (χ2n) is 6.95. The van der Waals surface area contributed by atoms with Gasteiger partial charge in [-0.3, -0.25) is 14.3 Å². The molecule has 4 atom stereocenters. The maximum absolute atomic E-state index is 11.9. The van der Waals surface area contributed by atoms with E-state index in [1.165, 1.54) is 17.1 Å². The molecular weight excluding hydrogens is 384 g/mol. The fraction of sp³-hybridized carbons (Fsp3) is 0.353. The van der Waals surface area contributed by atoms with Crippen molar-refractivity contribution < 1.29 is 9.59 Å². The summed E-state index contributed by atoms with van der Waals surface area (Å²) < 4.78 is 1.40. The molecule has 0 radical (unpaired) electrons. The predicted octanol–water partition coefficient (Wildman–Crippen LogP) is 0.643. The highest BCUT2D eigenvalue weighted by atomic mass is 35.5. The molecule has 4 rings (SSSR count). The van der Waals surface area contributed by atoms with Crippen molar-refractivity contribution >= 4 is 40.9 Å². The van der Waals surface area contributed by atoms with Crippen LogP contribution in [0.1, 0.15) is 6.42 Å². The van der Waals surface area contributed by atoms with Crippen molar-refractivity contribution in [2.24, 2.45) is 29.2 Å². The van der Waals surface area contributed by atoms with E-state index in [0.717, 1.165) is 6.42 Å². The first-order chi connectivity index (χ1) is 13.4. The SMILES string of the molecule is NC(=O)Cn1cc(Nc2ncc(Cl)c(N[C@H]3[C@@H](C(N)=O)[C@@H]4C=C[C@H]3C4)n2)cn1. The minimum absolute atomic E-state index is 0.0256. The van der Waals surface area contributed by atoms with Crippen molar-refractivity contribution in [1.29, 1.82) is 0 Å². The highest BCUT2D eigenvalue weighted by Crippen LogP contribution is 2.45. The number of rotatable bonds is 7. The molecule has 0 saturated heterocycles. The molecule has 0 unspecified atom stereocenters. The van der Waals surface area contributed by atoms with Gasteiger partial charge in [0, 0.05) is 12.2 Å². The Balaban J connectivity index is 1.51. The summed E-state index contributed by atoms with van der Waals surface area (Å²) in [6.07, 6.45) is 9.64. The molecule has 2 aliphatic carbocycles. The van der Waals surface area contributed by atoms with Crippen LogP contribution < -0.4 is 22.1 Å². The van der Waals surface area contributed by atoms with Crippen LogP contribution in [0.4, 0.5) is 17.5 Å². The van der Waals surface area contributed by atoms with Crippen LogP contribution in [0.2, 0.25) is 5.02 Å². The van der Waals surface area contributed by atoms with Crippen molar-refractivity contribution in [2.45, 2.75) is 19.0 Å². The van der Waals surface area contributed by atoms with Crippen LogP contribution in [0.15, 0.2) is 30.7 Å². The van der Waals surface area contributed by atoms with E-state index in [1.54, 1.807) is 6.20 Å². The second-order valence-corrected chi connectivity index (χ2v) is 7.36. The molecule has 1 fully saturated rings. The van der Waals surface area contributed by atoms with Crippen LogP contribution in [0.5, 0.6) is 0 Å². The topological polar surface area (TPSA) is 154 Å². The number of nitrogens with one attached hydrogen (secondary N) is 2. The third-order valence-corrected chi connectivity index (χ3v) is 5.32. The Morgan fingerprint density at radius 3 is 2.79 bits per heavy atom. The summed E-state index contributed by atoms with van der Waals surface area (Å²) >= 11 is 6.25. The fourth-order valence-electron chi connectivity index (χ4n) is 3.90. The van der Waals surface area contributed by atoms with E-state index >= 15 is 0 Å². The van der Waals surface area contributed by atoms with E-state index in [0.29, 0.717) is 22.5 Å². The van der Waals surface area contributed by atoms with Gasteiger partial charge in [-0.15, -0.1) is 0 Å². The minimum Gasteiger partial charge on any atom is -0.369 e. The summed E-state index contributed by atoms with van der Waals surface area (Å²) in [5, 5.41) is 10.6. The number of carbonyl (C=O) groups is 2. The molecule has 0 aromatic carbocycles. The molecule has 28 heavy (non-hydrogen) atoms. The summed E-state index contributed by atoms with van der Waals surface area (Å²) in [6.45, 7) is -0.0256. The third-order valence-electron chi connectivity index (χ3n) is 5.04. The molecule has 2 aromatic rings. The van der Waals surface area contributed by atoms with E-state index in [2.05, 4.69) is 37.9 Å². The number of nitrogens with zero attached hydrogens (tertiary/aromatic N) is 4. The fourth-order valence-corrected chi connectivity index (χ4v) is 4.04. The standard InChI is InChI=1S/C17H19ClN8O2/c18-11-5-21-17(23-10-4-22-26(6-10)7-12(19)27)25-16(11)24-14-9-2-1-8(3-9)13(14)15(20)28/h1-2,4-6,8-9,13-14H,3,7H2,(H2,19,27)(H2,20,28)(H2,21,23,24,25)/t8-,9+,13+,14-/m1/s1. The summed E-state index contributed by atoms with van der Waals surface area (Å²) in [5.41, 5.74) is 11.3. The molecule has 2 amide bonds. The van der Waals surface area contributed by atoms with Crippen molar-refractivity contribution in [2.75, 3.05) is 10.6 Å². The zero-order valence-electron chi connectivity index (χ0n) is 14.7. The molecule has 1 saturated carbocycles. The molecule has 0 aliphatic heterocycles. The van der Waals surface area contributed by atoms with Gasteiger partial charge in [0.05, 0.1) is 24.0 Å². The number of allylic oxidation sites excluding steroid dienone is 1. The molecule has 11 heteroatoms. The number of halogens is 1. The highest BCUT2D eigenvalue weighted by molar-refractivity contribution is 6.32. The number of hydrogen-bond donors (Lipinski definition) is 4. The average Bonchev–Trinajstić information content (AvgIpc) is 3.33. The predicted molar refractivity (Wildman–Crippen MR) is 103 cm³/mol. The minimum atomic E-state index is -0.493. The monoisotopic (exact) mass is 402 g/mol. The zero-order chi connectivity index (χ0) is 19.8. The Morgan fingerprint density at radius 1 is 1.25 bits per heavy atom. The normalized spacial score (nSPS) is 25.0. The maximum Gasteiger partial charge on any atom is 0.239 e. The molecule has 146 valence electrons. The molecular formula is C17H19ClN8O2. The van der Waals surface area contributed by atoms with E-state index in [9.17, 15) is 9.59 Å². The zero-order valence-corrected chi connectivity index (χ0v) is 15.5. The van der Waals surface area contributed by atoms with Gasteiger partial charge in [0.15, 0.2) is 5.82 Å². The Hall–Kier alpha value is -3.14. The van der Waals surface area contributed by atoms with E-state index in [4.69, 9.17) is 23.1 Å². The summed E-state index contributed by atoms with van der Waals surface area (Å²) in [5.74, 6) is -0.0657. The van der Waals surface area contributed by atoms with Gasteiger partial charge < -0.3 is 22.1 Å². The van der Waals surface area contributed by atoms with Gasteiger partial charge >= 0.3 is 0 Å². The van der Waals surface area contributed by atoms with Gasteiger partial charge in [-0.2, -0.15) is 10.1 Å². The first-order valence-electron chi connectivity index (χ1n) is 8.75. The largest absolute Gasteiger partial charge is 0.369 e. The number of carbonyl (C=O) groups excluding carboxylic acids is 2. The maximum atomic E-state index is 11.9. The van der Waals surface area contributed by atoms with Gasteiger partial charge in [-0.25, -0.2) is 4.98 Å². The van der Waals surface area contributed by atoms with Crippen molar-refractivity contribution in [1.82, 2.24) is 19.7 Å².